The molecule has 6 heteroatoms. The van der Waals surface area contributed by atoms with Crippen LogP contribution in [0.5, 0.6) is 0 Å². The van der Waals surface area contributed by atoms with E-state index in [2.05, 4.69) is 0 Å². The first-order valence-electron chi connectivity index (χ1n) is 7.82. The predicted molar refractivity (Wildman–Crippen MR) is 97.4 cm³/mol. The summed E-state index contributed by atoms with van der Waals surface area (Å²) in [5, 5.41) is 1.30. The van der Waals surface area contributed by atoms with Crippen LogP contribution < -0.4 is 5.43 Å². The SMILES string of the molecule is O=C(c1cc(=O)c2cccc(Cl)c2o1)N1CCc2ccc(Cl)cc2C1. The van der Waals surface area contributed by atoms with Crippen molar-refractivity contribution in [2.24, 2.45) is 0 Å². The van der Waals surface area contributed by atoms with Gasteiger partial charge < -0.3 is 9.32 Å². The minimum atomic E-state index is -0.329. The van der Waals surface area contributed by atoms with E-state index in [0.29, 0.717) is 28.5 Å². The fourth-order valence-corrected chi connectivity index (χ4v) is 3.51. The Morgan fingerprint density at radius 1 is 1.08 bits per heavy atom. The quantitative estimate of drug-likeness (QED) is 0.638. The topological polar surface area (TPSA) is 50.5 Å². The van der Waals surface area contributed by atoms with Crippen LogP contribution in [0.3, 0.4) is 0 Å². The van der Waals surface area contributed by atoms with E-state index in [0.717, 1.165) is 12.0 Å². The summed E-state index contributed by atoms with van der Waals surface area (Å²) >= 11 is 12.2. The Balaban J connectivity index is 1.71. The van der Waals surface area contributed by atoms with Crippen molar-refractivity contribution in [2.45, 2.75) is 13.0 Å². The number of nitrogens with zero attached hydrogens (tertiary/aromatic N) is 1. The Kier molecular flexibility index (Phi) is 4.02. The zero-order chi connectivity index (χ0) is 17.6. The Bertz CT molecular complexity index is 1060. The Labute approximate surface area is 153 Å². The van der Waals surface area contributed by atoms with E-state index < -0.39 is 0 Å². The van der Waals surface area contributed by atoms with E-state index in [-0.39, 0.29) is 22.7 Å². The summed E-state index contributed by atoms with van der Waals surface area (Å²) in [5.74, 6) is -0.333. The molecule has 0 fully saturated rings. The maximum absolute atomic E-state index is 12.8. The van der Waals surface area contributed by atoms with E-state index in [1.165, 1.54) is 11.6 Å². The fourth-order valence-electron chi connectivity index (χ4n) is 3.10. The number of carbonyl (C=O) groups excluding carboxylic acids is 1. The second-order valence-electron chi connectivity index (χ2n) is 5.98. The standard InChI is InChI=1S/C19H13Cl2NO3/c20-13-5-4-11-6-7-22(10-12(11)8-13)19(24)17-9-16(23)14-2-1-3-15(21)18(14)25-17/h1-5,8-9H,6-7,10H2. The summed E-state index contributed by atoms with van der Waals surface area (Å²) in [7, 11) is 0. The monoisotopic (exact) mass is 373 g/mol. The summed E-state index contributed by atoms with van der Waals surface area (Å²) in [4.78, 5) is 26.7. The molecule has 0 saturated heterocycles. The molecule has 126 valence electrons. The van der Waals surface area contributed by atoms with Crippen LogP contribution in [0, 0.1) is 0 Å². The summed E-state index contributed by atoms with van der Waals surface area (Å²) in [6.45, 7) is 0.983. The van der Waals surface area contributed by atoms with Crippen LogP contribution in [0.25, 0.3) is 11.0 Å². The highest BCUT2D eigenvalue weighted by atomic mass is 35.5. The fraction of sp³-hybridized carbons (Fsp3) is 0.158. The van der Waals surface area contributed by atoms with Crippen molar-refractivity contribution in [3.8, 4) is 0 Å². The highest BCUT2D eigenvalue weighted by Crippen LogP contribution is 2.26. The van der Waals surface area contributed by atoms with Crippen molar-refractivity contribution in [3.05, 3.63) is 79.6 Å². The normalized spacial score (nSPS) is 13.8. The van der Waals surface area contributed by atoms with Gasteiger partial charge in [-0.05, 0) is 41.8 Å². The zero-order valence-corrected chi connectivity index (χ0v) is 14.6. The first-order chi connectivity index (χ1) is 12.0. The lowest BCUT2D eigenvalue weighted by Crippen LogP contribution is -2.36. The van der Waals surface area contributed by atoms with Crippen LogP contribution in [0.15, 0.2) is 51.7 Å². The lowest BCUT2D eigenvalue weighted by atomic mass is 9.99. The van der Waals surface area contributed by atoms with Crippen molar-refractivity contribution in [1.82, 2.24) is 4.90 Å². The second kappa shape index (κ2) is 6.21. The predicted octanol–water partition coefficient (Wildman–Crippen LogP) is 4.30. The molecule has 1 aliphatic heterocycles. The number of rotatable bonds is 1. The molecule has 2 heterocycles. The van der Waals surface area contributed by atoms with Gasteiger partial charge in [-0.3, -0.25) is 9.59 Å². The molecule has 3 aromatic rings. The molecule has 0 unspecified atom stereocenters. The van der Waals surface area contributed by atoms with E-state index >= 15 is 0 Å². The molecule has 1 aliphatic rings. The highest BCUT2D eigenvalue weighted by molar-refractivity contribution is 6.34. The van der Waals surface area contributed by atoms with Gasteiger partial charge in [-0.25, -0.2) is 0 Å². The maximum Gasteiger partial charge on any atom is 0.290 e. The number of hydrogen-bond donors (Lipinski definition) is 0. The third kappa shape index (κ3) is 2.92. The van der Waals surface area contributed by atoms with Crippen molar-refractivity contribution < 1.29 is 9.21 Å². The van der Waals surface area contributed by atoms with Crippen LogP contribution in [-0.4, -0.2) is 17.4 Å². The van der Waals surface area contributed by atoms with Crippen LogP contribution in [0.4, 0.5) is 0 Å². The summed E-state index contributed by atoms with van der Waals surface area (Å²) in [6, 6.07) is 11.9. The van der Waals surface area contributed by atoms with Crippen molar-refractivity contribution in [2.75, 3.05) is 6.54 Å². The third-order valence-electron chi connectivity index (χ3n) is 4.39. The molecule has 0 radical (unpaired) electrons. The number of benzene rings is 2. The largest absolute Gasteiger partial charge is 0.449 e. The van der Waals surface area contributed by atoms with Gasteiger partial charge in [0.15, 0.2) is 16.8 Å². The lowest BCUT2D eigenvalue weighted by molar-refractivity contribution is 0.0703. The van der Waals surface area contributed by atoms with Crippen LogP contribution in [0.1, 0.15) is 21.7 Å². The van der Waals surface area contributed by atoms with E-state index in [1.807, 2.05) is 18.2 Å². The molecule has 0 atom stereocenters. The number of hydrogen-bond acceptors (Lipinski definition) is 3. The van der Waals surface area contributed by atoms with Crippen LogP contribution in [0.2, 0.25) is 10.0 Å². The van der Waals surface area contributed by atoms with Crippen molar-refractivity contribution >= 4 is 40.1 Å². The number of fused-ring (bicyclic) bond motifs is 2. The van der Waals surface area contributed by atoms with E-state index in [1.54, 1.807) is 23.1 Å². The van der Waals surface area contributed by atoms with Crippen molar-refractivity contribution in [3.63, 3.8) is 0 Å². The number of carbonyl (C=O) groups is 1. The van der Waals surface area contributed by atoms with Gasteiger partial charge in [-0.1, -0.05) is 35.3 Å². The Hall–Kier alpha value is -2.30. The van der Waals surface area contributed by atoms with Gasteiger partial charge in [0.1, 0.15) is 0 Å². The Morgan fingerprint density at radius 2 is 1.92 bits per heavy atom. The molecular formula is C19H13Cl2NO3. The molecule has 0 saturated carbocycles. The molecule has 4 rings (SSSR count). The smallest absolute Gasteiger partial charge is 0.290 e. The van der Waals surface area contributed by atoms with E-state index in [9.17, 15) is 9.59 Å². The highest BCUT2D eigenvalue weighted by Gasteiger charge is 2.24. The van der Waals surface area contributed by atoms with E-state index in [4.69, 9.17) is 27.6 Å². The molecule has 25 heavy (non-hydrogen) atoms. The molecule has 0 spiro atoms. The van der Waals surface area contributed by atoms with Crippen LogP contribution >= 0.6 is 23.2 Å². The molecule has 0 aliphatic carbocycles. The minimum Gasteiger partial charge on any atom is -0.449 e. The molecule has 4 nitrogen and oxygen atoms in total. The molecule has 0 N–H and O–H groups in total. The van der Waals surface area contributed by atoms with Gasteiger partial charge in [0.25, 0.3) is 5.91 Å². The minimum absolute atomic E-state index is 0.00363. The van der Waals surface area contributed by atoms with Gasteiger partial charge in [0, 0.05) is 24.2 Å². The average molecular weight is 374 g/mol. The molecule has 1 amide bonds. The molecule has 2 aromatic carbocycles. The number of para-hydroxylation sites is 1. The third-order valence-corrected chi connectivity index (χ3v) is 4.92. The van der Waals surface area contributed by atoms with Gasteiger partial charge >= 0.3 is 0 Å². The van der Waals surface area contributed by atoms with Gasteiger partial charge in [0.05, 0.1) is 10.4 Å². The summed E-state index contributed by atoms with van der Waals surface area (Å²) in [6.07, 6.45) is 0.733. The van der Waals surface area contributed by atoms with Gasteiger partial charge in [-0.15, -0.1) is 0 Å². The summed E-state index contributed by atoms with van der Waals surface area (Å²) in [5.41, 5.74) is 2.14. The zero-order valence-electron chi connectivity index (χ0n) is 13.1. The van der Waals surface area contributed by atoms with Crippen LogP contribution in [-0.2, 0) is 13.0 Å². The first-order valence-corrected chi connectivity index (χ1v) is 8.57. The maximum atomic E-state index is 12.8. The summed E-state index contributed by atoms with van der Waals surface area (Å²) < 4.78 is 5.65. The second-order valence-corrected chi connectivity index (χ2v) is 6.82. The first kappa shape index (κ1) is 16.2. The lowest BCUT2D eigenvalue weighted by Gasteiger charge is -2.28. The Morgan fingerprint density at radius 3 is 2.76 bits per heavy atom. The number of halogens is 2. The number of amides is 1. The van der Waals surface area contributed by atoms with Gasteiger partial charge in [0.2, 0.25) is 0 Å². The molecular weight excluding hydrogens is 361 g/mol. The molecule has 1 aromatic heterocycles. The van der Waals surface area contributed by atoms with Gasteiger partial charge in [-0.2, -0.15) is 0 Å². The molecule has 0 bridgehead atoms. The average Bonchev–Trinajstić information content (AvgIpc) is 2.61. The van der Waals surface area contributed by atoms with Crippen molar-refractivity contribution in [1.29, 1.82) is 0 Å².